The number of alkyl halides is 2. The maximum absolute atomic E-state index is 11.0. The number of rotatable bonds is 4. The summed E-state index contributed by atoms with van der Waals surface area (Å²) >= 11 is 6.13. The van der Waals surface area contributed by atoms with Crippen molar-refractivity contribution in [1.29, 1.82) is 0 Å². The van der Waals surface area contributed by atoms with Crippen molar-refractivity contribution in [2.75, 3.05) is 0 Å². The third-order valence-corrected chi connectivity index (χ3v) is 5.61. The number of benzene rings is 1. The number of halogens is 2. The Hall–Kier alpha value is -0.440. The Bertz CT molecular complexity index is 514. The number of carboxylic acid groups (broad SMARTS) is 1. The quantitative estimate of drug-likeness (QED) is 0.752. The van der Waals surface area contributed by atoms with E-state index in [0.29, 0.717) is 5.56 Å². The van der Waals surface area contributed by atoms with Crippen LogP contribution in [0.15, 0.2) is 29.2 Å². The number of carbonyl (C=O) groups is 1. The molecule has 0 unspecified atom stereocenters. The number of carboxylic acids is 1. The Kier molecular flexibility index (Phi) is 4.70. The molecule has 17 heavy (non-hydrogen) atoms. The molecule has 0 fully saturated rings. The lowest BCUT2D eigenvalue weighted by Gasteiger charge is -2.18. The molecule has 2 atom stereocenters. The normalized spacial score (nSPS) is 15.2. The number of aliphatic carboxylic acids is 1. The number of hydrogen-bond acceptors (Lipinski definition) is 4. The first-order valence-electron chi connectivity index (χ1n) is 4.35. The fourth-order valence-corrected chi connectivity index (χ4v) is 2.47. The van der Waals surface area contributed by atoms with Crippen LogP contribution >= 0.6 is 31.9 Å². The monoisotopic (exact) mass is 384 g/mol. The van der Waals surface area contributed by atoms with E-state index in [-0.39, 0.29) is 4.90 Å². The minimum Gasteiger partial charge on any atom is -0.549 e. The van der Waals surface area contributed by atoms with Crippen LogP contribution < -0.4 is 10.2 Å². The van der Waals surface area contributed by atoms with E-state index in [1.807, 2.05) is 0 Å². The molecule has 2 N–H and O–H groups in total. The molecule has 0 aliphatic rings. The van der Waals surface area contributed by atoms with Crippen molar-refractivity contribution < 1.29 is 18.3 Å². The number of primary sulfonamides is 1. The van der Waals surface area contributed by atoms with Crippen LogP contribution in [0.25, 0.3) is 0 Å². The SMILES string of the molecule is NS(=O)(=O)c1ccc([C@@H](Br)[C@@H](Br)C(=O)[O-])cc1. The molecule has 0 saturated heterocycles. The smallest absolute Gasteiger partial charge is 0.238 e. The van der Waals surface area contributed by atoms with E-state index >= 15 is 0 Å². The van der Waals surface area contributed by atoms with Gasteiger partial charge in [-0.1, -0.05) is 44.0 Å². The van der Waals surface area contributed by atoms with Gasteiger partial charge in [-0.25, -0.2) is 13.6 Å². The van der Waals surface area contributed by atoms with Crippen molar-refractivity contribution in [3.05, 3.63) is 29.8 Å². The first kappa shape index (κ1) is 14.6. The summed E-state index contributed by atoms with van der Waals surface area (Å²) in [6.07, 6.45) is 0. The molecule has 0 aliphatic carbocycles. The zero-order chi connectivity index (χ0) is 13.2. The lowest BCUT2D eigenvalue weighted by atomic mass is 10.1. The van der Waals surface area contributed by atoms with Gasteiger partial charge >= 0.3 is 0 Å². The molecule has 1 aromatic rings. The lowest BCUT2D eigenvalue weighted by molar-refractivity contribution is -0.304. The van der Waals surface area contributed by atoms with E-state index in [9.17, 15) is 18.3 Å². The third kappa shape index (κ3) is 3.77. The van der Waals surface area contributed by atoms with Gasteiger partial charge in [0, 0.05) is 0 Å². The molecular weight excluding hydrogens is 378 g/mol. The van der Waals surface area contributed by atoms with Gasteiger partial charge in [0.1, 0.15) is 0 Å². The van der Waals surface area contributed by atoms with Crippen LogP contribution in [0.1, 0.15) is 10.4 Å². The van der Waals surface area contributed by atoms with Crippen LogP contribution in [0.2, 0.25) is 0 Å². The van der Waals surface area contributed by atoms with Crippen LogP contribution in [-0.4, -0.2) is 19.2 Å². The molecule has 5 nitrogen and oxygen atoms in total. The Balaban J connectivity index is 2.99. The Morgan fingerprint density at radius 1 is 1.24 bits per heavy atom. The number of hydrogen-bond donors (Lipinski definition) is 1. The van der Waals surface area contributed by atoms with E-state index in [1.165, 1.54) is 24.3 Å². The van der Waals surface area contributed by atoms with Crippen molar-refractivity contribution in [2.45, 2.75) is 14.5 Å². The zero-order valence-electron chi connectivity index (χ0n) is 8.34. The highest BCUT2D eigenvalue weighted by molar-refractivity contribution is 9.12. The van der Waals surface area contributed by atoms with Crippen molar-refractivity contribution in [2.24, 2.45) is 5.14 Å². The van der Waals surface area contributed by atoms with E-state index in [1.54, 1.807) is 0 Å². The maximum Gasteiger partial charge on any atom is 0.238 e. The molecule has 1 rings (SSSR count). The minimum absolute atomic E-state index is 0.0273. The molecule has 0 saturated carbocycles. The highest BCUT2D eigenvalue weighted by Crippen LogP contribution is 2.31. The van der Waals surface area contributed by atoms with E-state index in [0.717, 1.165) is 0 Å². The summed E-state index contributed by atoms with van der Waals surface area (Å²) in [4.78, 5) is 9.17. The molecular formula is C9H8Br2NO4S-. The van der Waals surface area contributed by atoms with Gasteiger partial charge in [0.15, 0.2) is 0 Å². The van der Waals surface area contributed by atoms with Crippen LogP contribution in [0.4, 0.5) is 0 Å². The van der Waals surface area contributed by atoms with Crippen molar-refractivity contribution in [3.63, 3.8) is 0 Å². The second-order valence-corrected chi connectivity index (χ2v) is 6.77. The predicted molar refractivity (Wildman–Crippen MR) is 67.2 cm³/mol. The van der Waals surface area contributed by atoms with Gasteiger partial charge in [0.05, 0.1) is 20.5 Å². The summed E-state index contributed by atoms with van der Waals surface area (Å²) in [6, 6.07) is 5.59. The molecule has 0 aliphatic heterocycles. The average Bonchev–Trinajstić information content (AvgIpc) is 2.26. The zero-order valence-corrected chi connectivity index (χ0v) is 12.3. The first-order chi connectivity index (χ1) is 7.73. The largest absolute Gasteiger partial charge is 0.549 e. The minimum atomic E-state index is -3.74. The van der Waals surface area contributed by atoms with E-state index in [4.69, 9.17) is 5.14 Å². The van der Waals surface area contributed by atoms with Gasteiger partial charge in [0.2, 0.25) is 10.0 Å². The van der Waals surface area contributed by atoms with Crippen LogP contribution in [0.3, 0.4) is 0 Å². The van der Waals surface area contributed by atoms with Gasteiger partial charge in [-0.05, 0) is 17.7 Å². The second-order valence-electron chi connectivity index (χ2n) is 3.24. The summed E-state index contributed by atoms with van der Waals surface area (Å²) in [5.74, 6) is -1.26. The third-order valence-electron chi connectivity index (χ3n) is 2.01. The van der Waals surface area contributed by atoms with E-state index in [2.05, 4.69) is 31.9 Å². The Labute approximate surface area is 115 Å². The lowest BCUT2D eigenvalue weighted by Crippen LogP contribution is -2.34. The summed E-state index contributed by atoms with van der Waals surface area (Å²) < 4.78 is 22.0. The second kappa shape index (κ2) is 5.47. The summed E-state index contributed by atoms with van der Waals surface area (Å²) in [5.41, 5.74) is 0.600. The summed E-state index contributed by atoms with van der Waals surface area (Å²) in [7, 11) is -3.74. The molecule has 0 aromatic heterocycles. The van der Waals surface area contributed by atoms with Crippen molar-refractivity contribution >= 4 is 47.9 Å². The van der Waals surface area contributed by atoms with Gasteiger partial charge < -0.3 is 9.90 Å². The number of sulfonamides is 1. The Morgan fingerprint density at radius 2 is 1.71 bits per heavy atom. The highest BCUT2D eigenvalue weighted by Gasteiger charge is 2.19. The standard InChI is InChI=1S/C9H9Br2NO4S/c10-7(8(11)9(13)14)5-1-3-6(4-2-5)17(12,15)16/h1-4,7-8H,(H,13,14)(H2,12,15,16)/p-1/t7-,8-/m1/s1. The summed E-state index contributed by atoms with van der Waals surface area (Å²) in [5, 5.41) is 15.6. The average molecular weight is 386 g/mol. The van der Waals surface area contributed by atoms with Crippen LogP contribution in [0, 0.1) is 0 Å². The van der Waals surface area contributed by atoms with Gasteiger partial charge in [-0.15, -0.1) is 0 Å². The van der Waals surface area contributed by atoms with Crippen LogP contribution in [-0.2, 0) is 14.8 Å². The molecule has 0 amide bonds. The fraction of sp³-hybridized carbons (Fsp3) is 0.222. The predicted octanol–water partition coefficient (Wildman–Crippen LogP) is 0.283. The van der Waals surface area contributed by atoms with Crippen LogP contribution in [0.5, 0.6) is 0 Å². The fourth-order valence-electron chi connectivity index (χ4n) is 1.13. The molecule has 8 heteroatoms. The van der Waals surface area contributed by atoms with Gasteiger partial charge in [-0.3, -0.25) is 0 Å². The number of nitrogens with two attached hydrogens (primary N) is 1. The van der Waals surface area contributed by atoms with Gasteiger partial charge in [0.25, 0.3) is 0 Å². The van der Waals surface area contributed by atoms with Crippen molar-refractivity contribution in [1.82, 2.24) is 0 Å². The summed E-state index contributed by atoms with van der Waals surface area (Å²) in [6.45, 7) is 0. The topological polar surface area (TPSA) is 100 Å². The molecule has 0 spiro atoms. The van der Waals surface area contributed by atoms with Gasteiger partial charge in [-0.2, -0.15) is 0 Å². The molecule has 0 radical (unpaired) electrons. The molecule has 0 heterocycles. The molecule has 1 aromatic carbocycles. The Morgan fingerprint density at radius 3 is 2.06 bits per heavy atom. The van der Waals surface area contributed by atoms with E-state index < -0.39 is 25.6 Å². The molecule has 0 bridgehead atoms. The highest BCUT2D eigenvalue weighted by atomic mass is 79.9. The van der Waals surface area contributed by atoms with Crippen molar-refractivity contribution in [3.8, 4) is 0 Å². The maximum atomic E-state index is 11.0. The first-order valence-corrected chi connectivity index (χ1v) is 7.73. The number of carbonyl (C=O) groups excluding carboxylic acids is 1. The molecule has 94 valence electrons.